The van der Waals surface area contributed by atoms with Crippen LogP contribution < -0.4 is 5.32 Å². The highest BCUT2D eigenvalue weighted by atomic mass is 15.2. The number of pyridine rings is 1. The van der Waals surface area contributed by atoms with E-state index in [1.165, 1.54) is 36.2 Å². The van der Waals surface area contributed by atoms with Gasteiger partial charge < -0.3 is 9.88 Å². The quantitative estimate of drug-likeness (QED) is 0.785. The molecule has 1 N–H and O–H groups in total. The van der Waals surface area contributed by atoms with E-state index in [9.17, 15) is 0 Å². The summed E-state index contributed by atoms with van der Waals surface area (Å²) in [5.41, 5.74) is 4.71. The van der Waals surface area contributed by atoms with Crippen molar-refractivity contribution in [3.63, 3.8) is 0 Å². The van der Waals surface area contributed by atoms with Gasteiger partial charge in [0.15, 0.2) is 0 Å². The van der Waals surface area contributed by atoms with E-state index in [1.54, 1.807) is 6.20 Å². The third kappa shape index (κ3) is 2.97. The molecule has 134 valence electrons. The highest BCUT2D eigenvalue weighted by molar-refractivity contribution is 5.77. The summed E-state index contributed by atoms with van der Waals surface area (Å²) in [6.07, 6.45) is 8.89. The lowest BCUT2D eigenvalue weighted by molar-refractivity contribution is 0.130. The molecule has 5 heteroatoms. The molecule has 0 spiro atoms. The standard InChI is InChI=1S/C21H25N5/c1-4-18(5-1)25-10-8-21-24-19-13-16(6-7-20(19)26(21)12-11-25)14-23-17-3-2-9-22-15-17/h2-3,6-7,9,13,15,18,23H,1,4-5,8,10-12,14H2. The van der Waals surface area contributed by atoms with E-state index in [2.05, 4.69) is 38.0 Å². The summed E-state index contributed by atoms with van der Waals surface area (Å²) in [4.78, 5) is 11.8. The van der Waals surface area contributed by atoms with Crippen LogP contribution in [0.15, 0.2) is 42.7 Å². The first-order valence-electron chi connectivity index (χ1n) is 9.73. The van der Waals surface area contributed by atoms with Gasteiger partial charge in [-0.15, -0.1) is 0 Å². The lowest BCUT2D eigenvalue weighted by Gasteiger charge is -2.36. The molecule has 2 aromatic heterocycles. The molecule has 0 saturated heterocycles. The fraction of sp³-hybridized carbons (Fsp3) is 0.429. The van der Waals surface area contributed by atoms with Gasteiger partial charge in [0, 0.05) is 51.0 Å². The Morgan fingerprint density at radius 2 is 2.08 bits per heavy atom. The summed E-state index contributed by atoms with van der Waals surface area (Å²) in [6, 6.07) is 11.5. The molecule has 0 amide bonds. The van der Waals surface area contributed by atoms with E-state index < -0.39 is 0 Å². The molecule has 5 nitrogen and oxygen atoms in total. The summed E-state index contributed by atoms with van der Waals surface area (Å²) >= 11 is 0. The molecular weight excluding hydrogens is 322 g/mol. The number of nitrogens with zero attached hydrogens (tertiary/aromatic N) is 4. The summed E-state index contributed by atoms with van der Waals surface area (Å²) in [5, 5.41) is 3.42. The number of hydrogen-bond acceptors (Lipinski definition) is 4. The average Bonchev–Trinajstić information content (AvgIpc) is 2.86. The Labute approximate surface area is 154 Å². The van der Waals surface area contributed by atoms with Gasteiger partial charge in [-0.25, -0.2) is 4.98 Å². The van der Waals surface area contributed by atoms with Crippen molar-refractivity contribution >= 4 is 16.7 Å². The molecule has 26 heavy (non-hydrogen) atoms. The van der Waals surface area contributed by atoms with E-state index in [4.69, 9.17) is 4.98 Å². The molecule has 0 radical (unpaired) electrons. The Hall–Kier alpha value is -2.40. The van der Waals surface area contributed by atoms with Crippen molar-refractivity contribution in [3.8, 4) is 0 Å². The minimum Gasteiger partial charge on any atom is -0.380 e. The van der Waals surface area contributed by atoms with Crippen LogP contribution in [0.3, 0.4) is 0 Å². The molecule has 0 unspecified atom stereocenters. The monoisotopic (exact) mass is 347 g/mol. The van der Waals surface area contributed by atoms with Gasteiger partial charge in [-0.1, -0.05) is 12.5 Å². The first-order chi connectivity index (χ1) is 12.9. The van der Waals surface area contributed by atoms with E-state index in [1.807, 2.05) is 18.3 Å². The number of benzene rings is 1. The van der Waals surface area contributed by atoms with E-state index in [0.717, 1.165) is 49.8 Å². The van der Waals surface area contributed by atoms with Gasteiger partial charge in [-0.3, -0.25) is 9.88 Å². The SMILES string of the molecule is c1cncc(NCc2ccc3c(c2)nc2n3CCN(C3CCC3)CC2)c1. The molecule has 1 fully saturated rings. The Morgan fingerprint density at radius 1 is 1.12 bits per heavy atom. The molecule has 2 aliphatic rings. The third-order valence-electron chi connectivity index (χ3n) is 5.87. The van der Waals surface area contributed by atoms with Gasteiger partial charge in [-0.05, 0) is 42.7 Å². The summed E-state index contributed by atoms with van der Waals surface area (Å²) in [5.74, 6) is 1.25. The van der Waals surface area contributed by atoms with Crippen LogP contribution in [-0.4, -0.2) is 38.6 Å². The van der Waals surface area contributed by atoms with Crippen molar-refractivity contribution in [3.05, 3.63) is 54.1 Å². The summed E-state index contributed by atoms with van der Waals surface area (Å²) < 4.78 is 2.44. The fourth-order valence-corrected chi connectivity index (χ4v) is 4.15. The smallest absolute Gasteiger partial charge is 0.111 e. The second-order valence-corrected chi connectivity index (χ2v) is 7.47. The maximum Gasteiger partial charge on any atom is 0.111 e. The second-order valence-electron chi connectivity index (χ2n) is 7.47. The number of anilines is 1. The van der Waals surface area contributed by atoms with Crippen LogP contribution >= 0.6 is 0 Å². The predicted octanol–water partition coefficient (Wildman–Crippen LogP) is 3.45. The lowest BCUT2D eigenvalue weighted by atomic mass is 9.91. The van der Waals surface area contributed by atoms with Crippen molar-refractivity contribution in [2.24, 2.45) is 0 Å². The molecule has 1 aliphatic carbocycles. The normalized spacial score (nSPS) is 18.3. The first kappa shape index (κ1) is 15.8. The van der Waals surface area contributed by atoms with Gasteiger partial charge >= 0.3 is 0 Å². The molecule has 0 atom stereocenters. The highest BCUT2D eigenvalue weighted by Gasteiger charge is 2.27. The second kappa shape index (κ2) is 6.72. The fourth-order valence-electron chi connectivity index (χ4n) is 4.15. The number of fused-ring (bicyclic) bond motifs is 3. The number of rotatable bonds is 4. The van der Waals surface area contributed by atoms with Crippen molar-refractivity contribution < 1.29 is 0 Å². The summed E-state index contributed by atoms with van der Waals surface area (Å²) in [7, 11) is 0. The van der Waals surface area contributed by atoms with Crippen LogP contribution in [0.4, 0.5) is 5.69 Å². The van der Waals surface area contributed by atoms with Gasteiger partial charge in [0.25, 0.3) is 0 Å². The minimum atomic E-state index is 0.791. The maximum absolute atomic E-state index is 4.96. The van der Waals surface area contributed by atoms with Gasteiger partial charge in [-0.2, -0.15) is 0 Å². The third-order valence-corrected chi connectivity index (χ3v) is 5.87. The van der Waals surface area contributed by atoms with Crippen molar-refractivity contribution in [2.75, 3.05) is 18.4 Å². The van der Waals surface area contributed by atoms with E-state index >= 15 is 0 Å². The van der Waals surface area contributed by atoms with Crippen LogP contribution in [0.5, 0.6) is 0 Å². The van der Waals surface area contributed by atoms with Crippen LogP contribution in [0.25, 0.3) is 11.0 Å². The number of aromatic nitrogens is 3. The van der Waals surface area contributed by atoms with Crippen LogP contribution in [0, 0.1) is 0 Å². The van der Waals surface area contributed by atoms with Crippen molar-refractivity contribution in [2.45, 2.75) is 44.8 Å². The molecule has 0 bridgehead atoms. The van der Waals surface area contributed by atoms with Gasteiger partial charge in [0.1, 0.15) is 5.82 Å². The summed E-state index contributed by atoms with van der Waals surface area (Å²) in [6.45, 7) is 4.17. The zero-order valence-electron chi connectivity index (χ0n) is 15.1. The predicted molar refractivity (Wildman–Crippen MR) is 104 cm³/mol. The minimum absolute atomic E-state index is 0.791. The Morgan fingerprint density at radius 3 is 2.88 bits per heavy atom. The van der Waals surface area contributed by atoms with Crippen molar-refractivity contribution in [1.29, 1.82) is 0 Å². The topological polar surface area (TPSA) is 46.0 Å². The lowest BCUT2D eigenvalue weighted by Crippen LogP contribution is -2.41. The Kier molecular flexibility index (Phi) is 4.09. The Balaban J connectivity index is 1.33. The zero-order chi connectivity index (χ0) is 17.3. The van der Waals surface area contributed by atoms with Crippen LogP contribution in [-0.2, 0) is 19.5 Å². The maximum atomic E-state index is 4.96. The largest absolute Gasteiger partial charge is 0.380 e. The van der Waals surface area contributed by atoms with Gasteiger partial charge in [0.2, 0.25) is 0 Å². The number of hydrogen-bond donors (Lipinski definition) is 1. The molecule has 3 aromatic rings. The molecule has 5 rings (SSSR count). The zero-order valence-corrected chi connectivity index (χ0v) is 15.1. The highest BCUT2D eigenvalue weighted by Crippen LogP contribution is 2.27. The molecule has 1 aliphatic heterocycles. The Bertz CT molecular complexity index is 897. The van der Waals surface area contributed by atoms with Crippen LogP contribution in [0.1, 0.15) is 30.7 Å². The number of imidazole rings is 1. The van der Waals surface area contributed by atoms with Crippen LogP contribution in [0.2, 0.25) is 0 Å². The van der Waals surface area contributed by atoms with E-state index in [0.29, 0.717) is 0 Å². The van der Waals surface area contributed by atoms with E-state index in [-0.39, 0.29) is 0 Å². The number of nitrogens with one attached hydrogen (secondary N) is 1. The van der Waals surface area contributed by atoms with Gasteiger partial charge in [0.05, 0.1) is 16.7 Å². The molecule has 3 heterocycles. The molecule has 1 aromatic carbocycles. The average molecular weight is 347 g/mol. The molecule has 1 saturated carbocycles. The first-order valence-corrected chi connectivity index (χ1v) is 9.73. The van der Waals surface area contributed by atoms with Crippen molar-refractivity contribution in [1.82, 2.24) is 19.4 Å². The molecular formula is C21H25N5.